The molecule has 4 rings (SSSR count). The minimum atomic E-state index is -4.88. The number of halogens is 4. The van der Waals surface area contributed by atoms with Crippen molar-refractivity contribution in [1.82, 2.24) is 19.9 Å². The first-order chi connectivity index (χ1) is 21.0. The normalized spacial score (nSPS) is 18.2. The standard InChI is InChI=1S/C31H34F4N4O5S/c1-30(2,32)18-25(37-28(31(33,34)35)21-13-11-20(12-14-21)22-7-5-8-23(40)17-22)29(42)38-24-9-6-16-39(19-26(24)41)45(43,44)27-10-3-4-15-36-27/h3-5,7-8,10-15,17,24-25,28,37,40H,6,9,16,18-19H2,1-2H3,(H,38,42)/t24?,25-,28-/m0/s1. The quantitative estimate of drug-likeness (QED) is 0.272. The van der Waals surface area contributed by atoms with Crippen molar-refractivity contribution in [2.45, 2.75) is 68.1 Å². The first-order valence-corrected chi connectivity index (χ1v) is 15.6. The molecule has 3 aromatic rings. The topological polar surface area (TPSA) is 129 Å². The maximum atomic E-state index is 14.8. The number of hydrogen-bond acceptors (Lipinski definition) is 7. The second-order valence-electron chi connectivity index (χ2n) is 11.5. The fraction of sp³-hybridized carbons (Fsp3) is 0.387. The number of aromatic nitrogens is 1. The third-order valence-electron chi connectivity index (χ3n) is 7.30. The smallest absolute Gasteiger partial charge is 0.407 e. The van der Waals surface area contributed by atoms with Crippen molar-refractivity contribution in [3.8, 4) is 16.9 Å². The van der Waals surface area contributed by atoms with Crippen molar-refractivity contribution >= 4 is 21.7 Å². The molecule has 9 nitrogen and oxygen atoms in total. The van der Waals surface area contributed by atoms with Gasteiger partial charge in [-0.2, -0.15) is 17.5 Å². The summed E-state index contributed by atoms with van der Waals surface area (Å²) < 4.78 is 84.9. The number of rotatable bonds is 10. The van der Waals surface area contributed by atoms with Crippen molar-refractivity contribution in [2.75, 3.05) is 13.1 Å². The summed E-state index contributed by atoms with van der Waals surface area (Å²) in [5, 5.41) is 14.2. The van der Waals surface area contributed by atoms with Crippen molar-refractivity contribution in [2.24, 2.45) is 0 Å². The largest absolute Gasteiger partial charge is 0.508 e. The van der Waals surface area contributed by atoms with E-state index in [1.807, 2.05) is 0 Å². The molecule has 2 heterocycles. The lowest BCUT2D eigenvalue weighted by Gasteiger charge is -2.31. The van der Waals surface area contributed by atoms with Crippen molar-refractivity contribution in [1.29, 1.82) is 0 Å². The number of amides is 1. The second kappa shape index (κ2) is 13.6. The van der Waals surface area contributed by atoms with Crippen LogP contribution in [0.4, 0.5) is 17.6 Å². The number of aromatic hydroxyl groups is 1. The summed E-state index contributed by atoms with van der Waals surface area (Å²) in [5.41, 5.74) is -1.18. The highest BCUT2D eigenvalue weighted by Gasteiger charge is 2.44. The van der Waals surface area contributed by atoms with E-state index in [-0.39, 0.29) is 35.7 Å². The van der Waals surface area contributed by atoms with Gasteiger partial charge in [0.1, 0.15) is 17.5 Å². The van der Waals surface area contributed by atoms with E-state index >= 15 is 0 Å². The molecular formula is C31H34F4N4O5S. The van der Waals surface area contributed by atoms with Gasteiger partial charge in [-0.05, 0) is 67.6 Å². The van der Waals surface area contributed by atoms with Crippen molar-refractivity contribution in [3.63, 3.8) is 0 Å². The summed E-state index contributed by atoms with van der Waals surface area (Å²) in [5.74, 6) is -1.69. The molecule has 3 N–H and O–H groups in total. The first-order valence-electron chi connectivity index (χ1n) is 14.2. The minimum absolute atomic E-state index is 0.0104. The van der Waals surface area contributed by atoms with E-state index < -0.39 is 64.6 Å². The molecule has 0 bridgehead atoms. The number of hydrogen-bond donors (Lipinski definition) is 3. The molecule has 0 radical (unpaired) electrons. The highest BCUT2D eigenvalue weighted by Crippen LogP contribution is 2.35. The SMILES string of the molecule is CC(C)(F)C[C@H](N[C@@H](c1ccc(-c2cccc(O)c2)cc1)C(F)(F)F)C(=O)NC1CCCN(S(=O)(=O)c2ccccn2)CC1=O. The number of benzene rings is 2. The van der Waals surface area contributed by atoms with Gasteiger partial charge in [0.2, 0.25) is 5.91 Å². The molecule has 1 unspecified atom stereocenters. The number of nitrogens with one attached hydrogen (secondary N) is 2. The van der Waals surface area contributed by atoms with Gasteiger partial charge in [0.25, 0.3) is 10.0 Å². The van der Waals surface area contributed by atoms with E-state index in [1.54, 1.807) is 12.1 Å². The van der Waals surface area contributed by atoms with Gasteiger partial charge in [-0.3, -0.25) is 14.9 Å². The zero-order valence-corrected chi connectivity index (χ0v) is 25.4. The lowest BCUT2D eigenvalue weighted by molar-refractivity contribution is -0.161. The van der Waals surface area contributed by atoms with Crippen LogP contribution in [0.2, 0.25) is 0 Å². The fourth-order valence-electron chi connectivity index (χ4n) is 5.10. The fourth-order valence-corrected chi connectivity index (χ4v) is 6.48. The van der Waals surface area contributed by atoms with Crippen LogP contribution in [0.3, 0.4) is 0 Å². The third kappa shape index (κ3) is 8.86. The lowest BCUT2D eigenvalue weighted by Crippen LogP contribution is -2.54. The van der Waals surface area contributed by atoms with E-state index in [4.69, 9.17) is 0 Å². The second-order valence-corrected chi connectivity index (χ2v) is 13.4. The summed E-state index contributed by atoms with van der Waals surface area (Å²) >= 11 is 0. The molecule has 45 heavy (non-hydrogen) atoms. The Morgan fingerprint density at radius 3 is 2.36 bits per heavy atom. The zero-order valence-electron chi connectivity index (χ0n) is 24.6. The van der Waals surface area contributed by atoms with Gasteiger partial charge in [-0.25, -0.2) is 17.8 Å². The third-order valence-corrected chi connectivity index (χ3v) is 9.07. The molecular weight excluding hydrogens is 616 g/mol. The Morgan fingerprint density at radius 1 is 1.04 bits per heavy atom. The molecule has 242 valence electrons. The Balaban J connectivity index is 1.53. The predicted octanol–water partition coefficient (Wildman–Crippen LogP) is 4.69. The van der Waals surface area contributed by atoms with Gasteiger partial charge in [0, 0.05) is 19.2 Å². The lowest BCUT2D eigenvalue weighted by atomic mass is 9.96. The average Bonchev–Trinajstić information content (AvgIpc) is 3.16. The highest BCUT2D eigenvalue weighted by atomic mass is 32.2. The van der Waals surface area contributed by atoms with Crippen LogP contribution < -0.4 is 10.6 Å². The van der Waals surface area contributed by atoms with Crippen LogP contribution in [0.1, 0.15) is 44.7 Å². The molecule has 3 atom stereocenters. The van der Waals surface area contributed by atoms with Crippen molar-refractivity contribution in [3.05, 3.63) is 78.5 Å². The summed E-state index contributed by atoms with van der Waals surface area (Å²) in [7, 11) is -4.11. The van der Waals surface area contributed by atoms with Gasteiger partial charge in [-0.1, -0.05) is 42.5 Å². The van der Waals surface area contributed by atoms with Crippen LogP contribution in [0.15, 0.2) is 78.0 Å². The van der Waals surface area contributed by atoms with Gasteiger partial charge < -0.3 is 10.4 Å². The van der Waals surface area contributed by atoms with Crippen LogP contribution in [0.25, 0.3) is 11.1 Å². The van der Waals surface area contributed by atoms with E-state index in [0.29, 0.717) is 11.1 Å². The Labute approximate surface area is 258 Å². The molecule has 14 heteroatoms. The van der Waals surface area contributed by atoms with E-state index in [1.165, 1.54) is 60.8 Å². The summed E-state index contributed by atoms with van der Waals surface area (Å²) in [6, 6.07) is 10.6. The molecule has 0 saturated carbocycles. The number of ketones is 1. The summed E-state index contributed by atoms with van der Waals surface area (Å²) in [6.07, 6.45) is -4.03. The number of carbonyl (C=O) groups excluding carboxylic acids is 2. The number of nitrogens with zero attached hydrogens (tertiary/aromatic N) is 2. The Morgan fingerprint density at radius 2 is 1.76 bits per heavy atom. The Hall–Kier alpha value is -3.88. The van der Waals surface area contributed by atoms with Gasteiger partial charge in [-0.15, -0.1) is 0 Å². The molecule has 1 aliphatic rings. The van der Waals surface area contributed by atoms with Gasteiger partial charge in [0.15, 0.2) is 10.8 Å². The number of Topliss-reactive ketones (excluding diaryl/α,β-unsaturated/α-hetero) is 1. The minimum Gasteiger partial charge on any atom is -0.508 e. The number of sulfonamides is 1. The molecule has 1 aromatic heterocycles. The van der Waals surface area contributed by atoms with Crippen LogP contribution in [0, 0.1) is 0 Å². The number of pyridine rings is 1. The molecule has 1 amide bonds. The maximum Gasteiger partial charge on any atom is 0.407 e. The van der Waals surface area contributed by atoms with E-state index in [2.05, 4.69) is 15.6 Å². The molecule has 0 spiro atoms. The molecule has 1 aliphatic heterocycles. The van der Waals surface area contributed by atoms with E-state index in [0.717, 1.165) is 18.2 Å². The first kappa shape index (κ1) is 34.0. The monoisotopic (exact) mass is 650 g/mol. The van der Waals surface area contributed by atoms with Crippen LogP contribution in [0.5, 0.6) is 5.75 Å². The maximum absolute atomic E-state index is 14.8. The number of phenolic OH excluding ortho intramolecular Hbond substituents is 1. The van der Waals surface area contributed by atoms with Crippen LogP contribution >= 0.6 is 0 Å². The predicted molar refractivity (Wildman–Crippen MR) is 158 cm³/mol. The Kier molecular flexibility index (Phi) is 10.3. The molecule has 2 aromatic carbocycles. The average molecular weight is 651 g/mol. The number of carbonyl (C=O) groups is 2. The van der Waals surface area contributed by atoms with Crippen LogP contribution in [-0.4, -0.2) is 71.5 Å². The van der Waals surface area contributed by atoms with Gasteiger partial charge in [0.05, 0.1) is 18.6 Å². The highest BCUT2D eigenvalue weighted by molar-refractivity contribution is 7.89. The van der Waals surface area contributed by atoms with E-state index in [9.17, 15) is 40.7 Å². The summed E-state index contributed by atoms with van der Waals surface area (Å²) in [4.78, 5) is 30.3. The number of alkyl halides is 4. The molecule has 0 aliphatic carbocycles. The van der Waals surface area contributed by atoms with Gasteiger partial charge >= 0.3 is 6.18 Å². The number of phenols is 1. The van der Waals surface area contributed by atoms with Crippen LogP contribution in [-0.2, 0) is 19.6 Å². The van der Waals surface area contributed by atoms with Crippen molar-refractivity contribution < 1.29 is 40.7 Å². The zero-order chi connectivity index (χ0) is 33.0. The molecule has 1 fully saturated rings. The summed E-state index contributed by atoms with van der Waals surface area (Å²) in [6.45, 7) is 1.63. The molecule has 1 saturated heterocycles. The Bertz CT molecular complexity index is 1600.